The van der Waals surface area contributed by atoms with Crippen molar-refractivity contribution in [2.75, 3.05) is 6.54 Å². The molecule has 0 amide bonds. The van der Waals surface area contributed by atoms with Crippen LogP contribution in [0.15, 0.2) is 0 Å². The first-order valence-electron chi connectivity index (χ1n) is 8.97. The highest BCUT2D eigenvalue weighted by Crippen LogP contribution is 2.12. The van der Waals surface area contributed by atoms with Crippen molar-refractivity contribution in [3.8, 4) is 0 Å². The van der Waals surface area contributed by atoms with E-state index in [9.17, 15) is 0 Å². The van der Waals surface area contributed by atoms with Crippen LogP contribution < -0.4 is 5.32 Å². The van der Waals surface area contributed by atoms with E-state index in [-0.39, 0.29) is 0 Å². The summed E-state index contributed by atoms with van der Waals surface area (Å²) in [6, 6.07) is 0.750. The Morgan fingerprint density at radius 2 is 1.32 bits per heavy atom. The number of rotatable bonds is 14. The molecule has 0 spiro atoms. The molecule has 1 nitrogen and oxygen atoms in total. The van der Waals surface area contributed by atoms with E-state index in [2.05, 4.69) is 33.0 Å². The van der Waals surface area contributed by atoms with Gasteiger partial charge in [-0.25, -0.2) is 0 Å². The predicted octanol–water partition coefficient (Wildman–Crippen LogP) is 5.93. The maximum Gasteiger partial charge on any atom is 0.00669 e. The minimum absolute atomic E-state index is 0.750. The van der Waals surface area contributed by atoms with E-state index in [0.717, 1.165) is 12.0 Å². The molecule has 1 N–H and O–H groups in total. The topological polar surface area (TPSA) is 12.0 Å². The van der Waals surface area contributed by atoms with Gasteiger partial charge in [0.2, 0.25) is 0 Å². The van der Waals surface area contributed by atoms with E-state index in [1.165, 1.54) is 77.2 Å². The van der Waals surface area contributed by atoms with Gasteiger partial charge in [0, 0.05) is 6.04 Å². The summed E-state index contributed by atoms with van der Waals surface area (Å²) in [4.78, 5) is 0. The summed E-state index contributed by atoms with van der Waals surface area (Å²) >= 11 is 0. The molecule has 116 valence electrons. The van der Waals surface area contributed by atoms with Gasteiger partial charge in [-0.05, 0) is 31.7 Å². The highest BCUT2D eigenvalue weighted by atomic mass is 14.9. The molecule has 2 unspecified atom stereocenters. The normalized spacial score (nSPS) is 14.5. The quantitative estimate of drug-likeness (QED) is 0.385. The Hall–Kier alpha value is -0.0400. The molecule has 0 heterocycles. The lowest BCUT2D eigenvalue weighted by atomic mass is 9.97. The van der Waals surface area contributed by atoms with Crippen LogP contribution in [0.4, 0.5) is 0 Å². The third-order valence-corrected chi connectivity index (χ3v) is 4.34. The van der Waals surface area contributed by atoms with Crippen LogP contribution in [0.3, 0.4) is 0 Å². The molecule has 1 heteroatoms. The van der Waals surface area contributed by atoms with Gasteiger partial charge in [0.15, 0.2) is 0 Å². The Labute approximate surface area is 122 Å². The zero-order chi connectivity index (χ0) is 14.3. The second-order valence-corrected chi connectivity index (χ2v) is 6.28. The van der Waals surface area contributed by atoms with E-state index >= 15 is 0 Å². The van der Waals surface area contributed by atoms with Crippen molar-refractivity contribution >= 4 is 0 Å². The van der Waals surface area contributed by atoms with Crippen LogP contribution in [0, 0.1) is 5.92 Å². The molecular weight excluding hydrogens is 230 g/mol. The van der Waals surface area contributed by atoms with Crippen molar-refractivity contribution in [3.63, 3.8) is 0 Å². The highest BCUT2D eigenvalue weighted by Gasteiger charge is 2.08. The maximum absolute atomic E-state index is 3.75. The summed E-state index contributed by atoms with van der Waals surface area (Å²) in [5, 5.41) is 3.75. The van der Waals surface area contributed by atoms with E-state index in [1.54, 1.807) is 0 Å². The standard InChI is InChI=1S/C18H39N/c1-5-8-9-10-11-12-13-14-15-19-18(7-3)16-17(4)6-2/h17-19H,5-16H2,1-4H3. The molecule has 0 aliphatic heterocycles. The predicted molar refractivity (Wildman–Crippen MR) is 88.8 cm³/mol. The summed E-state index contributed by atoms with van der Waals surface area (Å²) in [7, 11) is 0. The average molecular weight is 270 g/mol. The van der Waals surface area contributed by atoms with Crippen LogP contribution in [-0.4, -0.2) is 12.6 Å². The fraction of sp³-hybridized carbons (Fsp3) is 1.00. The van der Waals surface area contributed by atoms with E-state index in [1.807, 2.05) is 0 Å². The Kier molecular flexibility index (Phi) is 14.3. The van der Waals surface area contributed by atoms with Gasteiger partial charge in [-0.15, -0.1) is 0 Å². The molecule has 0 rings (SSSR count). The molecule has 2 atom stereocenters. The summed E-state index contributed by atoms with van der Waals surface area (Å²) in [5.41, 5.74) is 0. The fourth-order valence-electron chi connectivity index (χ4n) is 2.61. The van der Waals surface area contributed by atoms with E-state index < -0.39 is 0 Å². The Bertz CT molecular complexity index is 167. The van der Waals surface area contributed by atoms with Gasteiger partial charge in [-0.3, -0.25) is 0 Å². The van der Waals surface area contributed by atoms with E-state index in [4.69, 9.17) is 0 Å². The van der Waals surface area contributed by atoms with Crippen molar-refractivity contribution in [2.24, 2.45) is 5.92 Å². The minimum Gasteiger partial charge on any atom is -0.314 e. The average Bonchev–Trinajstić information content (AvgIpc) is 2.43. The monoisotopic (exact) mass is 269 g/mol. The summed E-state index contributed by atoms with van der Waals surface area (Å²) in [6.07, 6.45) is 15.3. The SMILES string of the molecule is CCCCCCCCCCNC(CC)CC(C)CC. The Balaban J connectivity index is 3.31. The molecule has 0 aromatic carbocycles. The molecule has 0 aliphatic rings. The molecule has 0 bridgehead atoms. The van der Waals surface area contributed by atoms with Gasteiger partial charge in [-0.1, -0.05) is 79.1 Å². The van der Waals surface area contributed by atoms with Crippen molar-refractivity contribution < 1.29 is 0 Å². The molecule has 0 aromatic heterocycles. The summed E-state index contributed by atoms with van der Waals surface area (Å²) in [5.74, 6) is 0.871. The zero-order valence-corrected chi connectivity index (χ0v) is 14.1. The van der Waals surface area contributed by atoms with Gasteiger partial charge < -0.3 is 5.32 Å². The van der Waals surface area contributed by atoms with Crippen LogP contribution in [-0.2, 0) is 0 Å². The number of hydrogen-bond acceptors (Lipinski definition) is 1. The molecule has 0 saturated heterocycles. The lowest BCUT2D eigenvalue weighted by Gasteiger charge is -2.20. The number of nitrogens with one attached hydrogen (secondary N) is 1. The van der Waals surface area contributed by atoms with Gasteiger partial charge in [0.05, 0.1) is 0 Å². The minimum atomic E-state index is 0.750. The fourth-order valence-corrected chi connectivity index (χ4v) is 2.61. The first-order valence-corrected chi connectivity index (χ1v) is 8.97. The third-order valence-electron chi connectivity index (χ3n) is 4.34. The maximum atomic E-state index is 3.75. The molecule has 0 aliphatic carbocycles. The van der Waals surface area contributed by atoms with Crippen LogP contribution in [0.1, 0.15) is 98.3 Å². The number of unbranched alkanes of at least 4 members (excludes halogenated alkanes) is 7. The largest absolute Gasteiger partial charge is 0.314 e. The second-order valence-electron chi connectivity index (χ2n) is 6.28. The summed E-state index contributed by atoms with van der Waals surface area (Å²) in [6.45, 7) is 10.5. The highest BCUT2D eigenvalue weighted by molar-refractivity contribution is 4.68. The van der Waals surface area contributed by atoms with Crippen molar-refractivity contribution in [3.05, 3.63) is 0 Å². The molecule has 19 heavy (non-hydrogen) atoms. The Morgan fingerprint density at radius 3 is 1.84 bits per heavy atom. The molecule has 0 fully saturated rings. The van der Waals surface area contributed by atoms with E-state index in [0.29, 0.717) is 0 Å². The third kappa shape index (κ3) is 12.7. The van der Waals surface area contributed by atoms with Crippen molar-refractivity contribution in [1.29, 1.82) is 0 Å². The Morgan fingerprint density at radius 1 is 0.737 bits per heavy atom. The molecule has 0 aromatic rings. The van der Waals surface area contributed by atoms with Crippen molar-refractivity contribution in [1.82, 2.24) is 5.32 Å². The van der Waals surface area contributed by atoms with Crippen LogP contribution in [0.2, 0.25) is 0 Å². The lowest BCUT2D eigenvalue weighted by Crippen LogP contribution is -2.30. The van der Waals surface area contributed by atoms with Gasteiger partial charge in [0.1, 0.15) is 0 Å². The first-order chi connectivity index (χ1) is 9.24. The van der Waals surface area contributed by atoms with Gasteiger partial charge >= 0.3 is 0 Å². The van der Waals surface area contributed by atoms with Crippen LogP contribution in [0.5, 0.6) is 0 Å². The van der Waals surface area contributed by atoms with Gasteiger partial charge in [0.25, 0.3) is 0 Å². The molecule has 0 radical (unpaired) electrons. The van der Waals surface area contributed by atoms with Crippen LogP contribution in [0.25, 0.3) is 0 Å². The first kappa shape index (κ1) is 19.0. The zero-order valence-electron chi connectivity index (χ0n) is 14.1. The lowest BCUT2D eigenvalue weighted by molar-refractivity contribution is 0.381. The van der Waals surface area contributed by atoms with Crippen LogP contribution >= 0.6 is 0 Å². The smallest absolute Gasteiger partial charge is 0.00669 e. The van der Waals surface area contributed by atoms with Gasteiger partial charge in [-0.2, -0.15) is 0 Å². The second kappa shape index (κ2) is 14.4. The summed E-state index contributed by atoms with van der Waals surface area (Å²) < 4.78 is 0. The van der Waals surface area contributed by atoms with Crippen molar-refractivity contribution in [2.45, 2.75) is 104 Å². The number of hydrogen-bond donors (Lipinski definition) is 1. The molecular formula is C18H39N. The molecule has 0 saturated carbocycles.